The van der Waals surface area contributed by atoms with Gasteiger partial charge in [-0.2, -0.15) is 5.26 Å². The lowest BCUT2D eigenvalue weighted by atomic mass is 10.0. The third kappa shape index (κ3) is 3.44. The highest BCUT2D eigenvalue weighted by atomic mass is 19.1. The molecular formula is C19H16FN3O. The zero-order valence-electron chi connectivity index (χ0n) is 13.0. The molecule has 1 aliphatic rings. The van der Waals surface area contributed by atoms with E-state index in [4.69, 9.17) is 0 Å². The van der Waals surface area contributed by atoms with Gasteiger partial charge in [0, 0.05) is 24.1 Å². The Labute approximate surface area is 139 Å². The Hall–Kier alpha value is -3.13. The predicted octanol–water partition coefficient (Wildman–Crippen LogP) is 3.62. The van der Waals surface area contributed by atoms with Crippen LogP contribution >= 0.6 is 0 Å². The molecule has 0 fully saturated rings. The minimum absolute atomic E-state index is 0.0102. The highest BCUT2D eigenvalue weighted by molar-refractivity contribution is 6.06. The third-order valence-electron chi connectivity index (χ3n) is 3.90. The largest absolute Gasteiger partial charge is 0.346 e. The van der Waals surface area contributed by atoms with Crippen LogP contribution in [0.1, 0.15) is 12.0 Å². The van der Waals surface area contributed by atoms with Gasteiger partial charge in [-0.25, -0.2) is 4.39 Å². The van der Waals surface area contributed by atoms with E-state index in [1.165, 1.54) is 29.8 Å². The van der Waals surface area contributed by atoms with Gasteiger partial charge in [0.1, 0.15) is 17.5 Å². The van der Waals surface area contributed by atoms with Crippen molar-refractivity contribution in [3.05, 3.63) is 71.7 Å². The maximum atomic E-state index is 12.9. The molecule has 0 aliphatic carbocycles. The fraction of sp³-hybridized carbons (Fsp3) is 0.158. The zero-order chi connectivity index (χ0) is 16.9. The quantitative estimate of drug-likeness (QED) is 0.694. The molecule has 0 spiro atoms. The van der Waals surface area contributed by atoms with Crippen molar-refractivity contribution >= 4 is 17.3 Å². The number of carbonyl (C=O) groups excluding carboxylic acids is 1. The molecule has 5 heteroatoms. The number of amides is 1. The van der Waals surface area contributed by atoms with Gasteiger partial charge in [-0.15, -0.1) is 0 Å². The topological polar surface area (TPSA) is 56.1 Å². The summed E-state index contributed by atoms with van der Waals surface area (Å²) < 4.78 is 12.9. The van der Waals surface area contributed by atoms with Crippen molar-refractivity contribution in [3.8, 4) is 6.07 Å². The molecule has 0 saturated carbocycles. The summed E-state index contributed by atoms with van der Waals surface area (Å²) in [5.41, 5.74) is 2.68. The van der Waals surface area contributed by atoms with Gasteiger partial charge in [0.05, 0.1) is 0 Å². The molecule has 0 atom stereocenters. The normalized spacial score (nSPS) is 13.8. The minimum Gasteiger partial charge on any atom is -0.346 e. The van der Waals surface area contributed by atoms with Crippen molar-refractivity contribution in [3.63, 3.8) is 0 Å². The zero-order valence-corrected chi connectivity index (χ0v) is 13.0. The lowest BCUT2D eigenvalue weighted by Gasteiger charge is -2.28. The molecule has 0 bridgehead atoms. The van der Waals surface area contributed by atoms with E-state index in [2.05, 4.69) is 11.4 Å². The molecule has 1 N–H and O–H groups in total. The van der Waals surface area contributed by atoms with Crippen LogP contribution in [0.3, 0.4) is 0 Å². The number of carbonyl (C=O) groups is 1. The Morgan fingerprint density at radius 1 is 1.21 bits per heavy atom. The monoisotopic (exact) mass is 321 g/mol. The van der Waals surface area contributed by atoms with E-state index in [0.29, 0.717) is 5.69 Å². The van der Waals surface area contributed by atoms with Crippen molar-refractivity contribution in [1.29, 1.82) is 5.26 Å². The van der Waals surface area contributed by atoms with Crippen molar-refractivity contribution < 1.29 is 9.18 Å². The molecule has 120 valence electrons. The fourth-order valence-corrected chi connectivity index (χ4v) is 2.72. The van der Waals surface area contributed by atoms with Crippen LogP contribution in [0.4, 0.5) is 15.8 Å². The SMILES string of the molecule is N#C/C(=C/N1CCCc2ccccc21)C(=O)Nc1ccc(F)cc1. The van der Waals surface area contributed by atoms with Gasteiger partial charge in [0.2, 0.25) is 0 Å². The average molecular weight is 321 g/mol. The summed E-state index contributed by atoms with van der Waals surface area (Å²) >= 11 is 0. The molecule has 24 heavy (non-hydrogen) atoms. The Bertz CT molecular complexity index is 821. The maximum absolute atomic E-state index is 12.9. The van der Waals surface area contributed by atoms with Gasteiger partial charge >= 0.3 is 0 Å². The Balaban J connectivity index is 1.81. The molecule has 2 aromatic carbocycles. The van der Waals surface area contributed by atoms with E-state index < -0.39 is 5.91 Å². The third-order valence-corrected chi connectivity index (χ3v) is 3.90. The van der Waals surface area contributed by atoms with Gasteiger partial charge < -0.3 is 10.2 Å². The first-order valence-electron chi connectivity index (χ1n) is 7.71. The minimum atomic E-state index is -0.507. The first-order valence-corrected chi connectivity index (χ1v) is 7.71. The number of para-hydroxylation sites is 1. The van der Waals surface area contributed by atoms with E-state index in [0.717, 1.165) is 25.1 Å². The van der Waals surface area contributed by atoms with E-state index in [1.807, 2.05) is 29.2 Å². The average Bonchev–Trinajstić information content (AvgIpc) is 2.61. The highest BCUT2D eigenvalue weighted by Gasteiger charge is 2.17. The summed E-state index contributed by atoms with van der Waals surface area (Å²) in [5.74, 6) is -0.888. The van der Waals surface area contributed by atoms with Crippen LogP contribution in [0, 0.1) is 17.1 Å². The smallest absolute Gasteiger partial charge is 0.267 e. The lowest BCUT2D eigenvalue weighted by Crippen LogP contribution is -2.26. The number of halogens is 1. The molecule has 0 unspecified atom stereocenters. The Kier molecular flexibility index (Phi) is 4.57. The number of rotatable bonds is 3. The summed E-state index contributed by atoms with van der Waals surface area (Å²) in [7, 11) is 0. The fourth-order valence-electron chi connectivity index (χ4n) is 2.72. The van der Waals surface area contributed by atoms with Gasteiger partial charge in [-0.3, -0.25) is 4.79 Å². The number of aryl methyl sites for hydroxylation is 1. The summed E-state index contributed by atoms with van der Waals surface area (Å²) in [5, 5.41) is 11.9. The lowest BCUT2D eigenvalue weighted by molar-refractivity contribution is -0.112. The Morgan fingerprint density at radius 3 is 2.71 bits per heavy atom. The maximum Gasteiger partial charge on any atom is 0.267 e. The van der Waals surface area contributed by atoms with Crippen LogP contribution in [0.5, 0.6) is 0 Å². The number of nitrogens with zero attached hydrogens (tertiary/aromatic N) is 2. The number of nitriles is 1. The summed E-state index contributed by atoms with van der Waals surface area (Å²) in [6, 6.07) is 15.3. The number of benzene rings is 2. The Morgan fingerprint density at radius 2 is 1.96 bits per heavy atom. The van der Waals surface area contributed by atoms with Crippen LogP contribution < -0.4 is 10.2 Å². The molecule has 0 radical (unpaired) electrons. The van der Waals surface area contributed by atoms with Crippen LogP contribution in [-0.4, -0.2) is 12.5 Å². The van der Waals surface area contributed by atoms with Crippen molar-refractivity contribution in [2.75, 3.05) is 16.8 Å². The molecule has 3 rings (SSSR count). The molecule has 4 nitrogen and oxygen atoms in total. The van der Waals surface area contributed by atoms with Crippen molar-refractivity contribution in [2.24, 2.45) is 0 Å². The van der Waals surface area contributed by atoms with Crippen LogP contribution in [0.25, 0.3) is 0 Å². The second kappa shape index (κ2) is 6.97. The van der Waals surface area contributed by atoms with Gasteiger partial charge in [-0.1, -0.05) is 18.2 Å². The van der Waals surface area contributed by atoms with Gasteiger partial charge in [0.25, 0.3) is 5.91 Å². The molecule has 1 heterocycles. The van der Waals surface area contributed by atoms with Crippen LogP contribution in [0.2, 0.25) is 0 Å². The molecule has 1 aliphatic heterocycles. The molecule has 1 amide bonds. The highest BCUT2D eigenvalue weighted by Crippen LogP contribution is 2.27. The van der Waals surface area contributed by atoms with E-state index >= 15 is 0 Å². The first kappa shape index (κ1) is 15.8. The van der Waals surface area contributed by atoms with Crippen LogP contribution in [-0.2, 0) is 11.2 Å². The summed E-state index contributed by atoms with van der Waals surface area (Å²) in [4.78, 5) is 14.2. The number of hydrogen-bond donors (Lipinski definition) is 1. The number of hydrogen-bond acceptors (Lipinski definition) is 3. The molecular weight excluding hydrogens is 305 g/mol. The number of anilines is 2. The number of fused-ring (bicyclic) bond motifs is 1. The van der Waals surface area contributed by atoms with E-state index in [9.17, 15) is 14.4 Å². The van der Waals surface area contributed by atoms with Crippen molar-refractivity contribution in [1.82, 2.24) is 0 Å². The second-order valence-electron chi connectivity index (χ2n) is 5.54. The second-order valence-corrected chi connectivity index (χ2v) is 5.54. The summed E-state index contributed by atoms with van der Waals surface area (Å²) in [6.07, 6.45) is 3.53. The van der Waals surface area contributed by atoms with Gasteiger partial charge in [-0.05, 0) is 48.7 Å². The predicted molar refractivity (Wildman–Crippen MR) is 90.8 cm³/mol. The molecule has 2 aromatic rings. The van der Waals surface area contributed by atoms with E-state index in [-0.39, 0.29) is 11.4 Å². The van der Waals surface area contributed by atoms with Gasteiger partial charge in [0.15, 0.2) is 0 Å². The van der Waals surface area contributed by atoms with Crippen molar-refractivity contribution in [2.45, 2.75) is 12.8 Å². The van der Waals surface area contributed by atoms with Crippen LogP contribution in [0.15, 0.2) is 60.3 Å². The standard InChI is InChI=1S/C19H16FN3O/c20-16-7-9-17(10-8-16)22-19(24)15(12-21)13-23-11-3-5-14-4-1-2-6-18(14)23/h1-2,4,6-10,13H,3,5,11H2,(H,22,24)/b15-13-. The molecule has 0 aromatic heterocycles. The molecule has 0 saturated heterocycles. The summed E-state index contributed by atoms with van der Waals surface area (Å²) in [6.45, 7) is 0.756. The first-order chi connectivity index (χ1) is 11.7. The van der Waals surface area contributed by atoms with E-state index in [1.54, 1.807) is 6.20 Å². The number of nitrogens with one attached hydrogen (secondary N) is 1.